The van der Waals surface area contributed by atoms with E-state index in [9.17, 15) is 10.1 Å². The Kier molecular flexibility index (Phi) is 4.06. The molecule has 0 saturated heterocycles. The molecule has 0 spiro atoms. The van der Waals surface area contributed by atoms with E-state index in [-0.39, 0.29) is 10.7 Å². The van der Waals surface area contributed by atoms with Gasteiger partial charge in [-0.05, 0) is 28.1 Å². The van der Waals surface area contributed by atoms with Crippen LogP contribution in [0, 0.1) is 17.0 Å². The normalized spacial score (nSPS) is 10.5. The number of oxazole rings is 1. The predicted molar refractivity (Wildman–Crippen MR) is 74.4 cm³/mol. The average molecular weight is 347 g/mol. The van der Waals surface area contributed by atoms with Gasteiger partial charge in [0.15, 0.2) is 5.89 Å². The summed E-state index contributed by atoms with van der Waals surface area (Å²) in [6, 6.07) is 3.23. The molecule has 1 aromatic heterocycles. The molecule has 0 bridgehead atoms. The molecule has 0 aliphatic carbocycles. The minimum atomic E-state index is -0.524. The Morgan fingerprint density at radius 3 is 2.89 bits per heavy atom. The van der Waals surface area contributed by atoms with Gasteiger partial charge in [-0.15, -0.1) is 0 Å². The van der Waals surface area contributed by atoms with Crippen molar-refractivity contribution in [2.24, 2.45) is 0 Å². The molecule has 0 fully saturated rings. The van der Waals surface area contributed by atoms with Crippen molar-refractivity contribution in [2.75, 3.05) is 5.32 Å². The Labute approximate surface area is 122 Å². The third-order valence-electron chi connectivity index (χ3n) is 2.38. The van der Waals surface area contributed by atoms with E-state index >= 15 is 0 Å². The topological polar surface area (TPSA) is 81.2 Å². The highest BCUT2D eigenvalue weighted by molar-refractivity contribution is 9.10. The van der Waals surface area contributed by atoms with Gasteiger partial charge in [-0.25, -0.2) is 4.98 Å². The van der Waals surface area contributed by atoms with Crippen LogP contribution in [0.15, 0.2) is 27.3 Å². The van der Waals surface area contributed by atoms with E-state index in [0.717, 1.165) is 0 Å². The predicted octanol–water partition coefficient (Wildman–Crippen LogP) is 3.92. The van der Waals surface area contributed by atoms with Gasteiger partial charge in [0.25, 0.3) is 0 Å². The smallest absolute Gasteiger partial charge is 0.311 e. The largest absolute Gasteiger partial charge is 0.449 e. The molecule has 0 unspecified atom stereocenters. The molecule has 1 N–H and O–H groups in total. The zero-order valence-electron chi connectivity index (χ0n) is 9.81. The summed E-state index contributed by atoms with van der Waals surface area (Å²) in [6.45, 7) is 2.04. The fourth-order valence-electron chi connectivity index (χ4n) is 1.54. The number of nitrogens with one attached hydrogen (secondary N) is 1. The SMILES string of the molecule is Cc1nc(CNc2ccc(Br)c(Cl)c2[N+](=O)[O-])co1. The van der Waals surface area contributed by atoms with Crippen LogP contribution < -0.4 is 5.32 Å². The quantitative estimate of drug-likeness (QED) is 0.670. The van der Waals surface area contributed by atoms with E-state index in [1.807, 2.05) is 0 Å². The van der Waals surface area contributed by atoms with E-state index in [1.54, 1.807) is 19.1 Å². The summed E-state index contributed by atoms with van der Waals surface area (Å²) in [5.74, 6) is 0.542. The molecule has 0 amide bonds. The molecule has 2 rings (SSSR count). The van der Waals surface area contributed by atoms with E-state index in [4.69, 9.17) is 16.0 Å². The average Bonchev–Trinajstić information content (AvgIpc) is 2.76. The fraction of sp³-hybridized carbons (Fsp3) is 0.182. The summed E-state index contributed by atoms with van der Waals surface area (Å²) < 4.78 is 5.53. The summed E-state index contributed by atoms with van der Waals surface area (Å²) in [6.07, 6.45) is 1.49. The van der Waals surface area contributed by atoms with Crippen molar-refractivity contribution in [1.29, 1.82) is 0 Å². The minimum Gasteiger partial charge on any atom is -0.449 e. The van der Waals surface area contributed by atoms with Crippen LogP contribution in [-0.4, -0.2) is 9.91 Å². The molecule has 100 valence electrons. The van der Waals surface area contributed by atoms with Crippen molar-refractivity contribution in [3.63, 3.8) is 0 Å². The van der Waals surface area contributed by atoms with Crippen molar-refractivity contribution in [1.82, 2.24) is 4.98 Å². The number of benzene rings is 1. The van der Waals surface area contributed by atoms with Crippen molar-refractivity contribution >= 4 is 38.9 Å². The van der Waals surface area contributed by atoms with Gasteiger partial charge in [-0.1, -0.05) is 11.6 Å². The Bertz CT molecular complexity index is 630. The number of anilines is 1. The Balaban J connectivity index is 2.25. The molecule has 0 radical (unpaired) electrons. The number of rotatable bonds is 4. The van der Waals surface area contributed by atoms with Gasteiger partial charge in [-0.3, -0.25) is 10.1 Å². The first-order valence-electron chi connectivity index (χ1n) is 5.26. The molecule has 0 aliphatic rings. The second-order valence-corrected chi connectivity index (χ2v) is 4.96. The maximum Gasteiger partial charge on any atom is 0.311 e. The molecular weight excluding hydrogens is 337 g/mol. The number of nitro benzene ring substituents is 1. The molecule has 1 heterocycles. The summed E-state index contributed by atoms with van der Waals surface area (Å²) in [4.78, 5) is 14.6. The van der Waals surface area contributed by atoms with Crippen LogP contribution in [0.4, 0.5) is 11.4 Å². The summed E-state index contributed by atoms with van der Waals surface area (Å²) in [5.41, 5.74) is 0.820. The van der Waals surface area contributed by atoms with Crippen LogP contribution in [0.3, 0.4) is 0 Å². The summed E-state index contributed by atoms with van der Waals surface area (Å²) in [5, 5.41) is 14.0. The standard InChI is InChI=1S/C11H9BrClN3O3/c1-6-15-7(5-19-6)4-14-9-3-2-8(12)10(13)11(9)16(17)18/h2-3,5,14H,4H2,1H3. The summed E-state index contributed by atoms with van der Waals surface area (Å²) >= 11 is 9.07. The molecule has 1 aromatic carbocycles. The van der Waals surface area contributed by atoms with E-state index in [0.29, 0.717) is 28.3 Å². The zero-order chi connectivity index (χ0) is 14.0. The molecule has 0 saturated carbocycles. The van der Waals surface area contributed by atoms with Crippen molar-refractivity contribution < 1.29 is 9.34 Å². The molecule has 0 atom stereocenters. The van der Waals surface area contributed by atoms with Crippen LogP contribution in [0.2, 0.25) is 5.02 Å². The number of halogens is 2. The number of nitrogens with zero attached hydrogens (tertiary/aromatic N) is 2. The molecule has 0 aliphatic heterocycles. The number of nitro groups is 1. The van der Waals surface area contributed by atoms with Crippen molar-refractivity contribution in [3.8, 4) is 0 Å². The highest BCUT2D eigenvalue weighted by atomic mass is 79.9. The lowest BCUT2D eigenvalue weighted by molar-refractivity contribution is -0.383. The second kappa shape index (κ2) is 5.58. The number of hydrogen-bond donors (Lipinski definition) is 1. The first-order valence-corrected chi connectivity index (χ1v) is 6.43. The zero-order valence-corrected chi connectivity index (χ0v) is 12.2. The maximum absolute atomic E-state index is 11.0. The lowest BCUT2D eigenvalue weighted by Crippen LogP contribution is -2.03. The molecule has 8 heteroatoms. The Morgan fingerprint density at radius 2 is 2.32 bits per heavy atom. The van der Waals surface area contributed by atoms with Gasteiger partial charge in [0.2, 0.25) is 0 Å². The van der Waals surface area contributed by atoms with E-state index in [1.165, 1.54) is 6.26 Å². The van der Waals surface area contributed by atoms with Crippen LogP contribution >= 0.6 is 27.5 Å². The Morgan fingerprint density at radius 1 is 1.58 bits per heavy atom. The number of aromatic nitrogens is 1. The highest BCUT2D eigenvalue weighted by Crippen LogP contribution is 2.38. The molecule has 6 nitrogen and oxygen atoms in total. The third-order valence-corrected chi connectivity index (χ3v) is 3.65. The van der Waals surface area contributed by atoms with Gasteiger partial charge >= 0.3 is 5.69 Å². The third kappa shape index (κ3) is 3.05. The van der Waals surface area contributed by atoms with Gasteiger partial charge in [0.1, 0.15) is 17.0 Å². The van der Waals surface area contributed by atoms with Crippen LogP contribution in [0.25, 0.3) is 0 Å². The Hall–Kier alpha value is -1.60. The maximum atomic E-state index is 11.0. The van der Waals surface area contributed by atoms with E-state index in [2.05, 4.69) is 26.2 Å². The van der Waals surface area contributed by atoms with Gasteiger partial charge in [-0.2, -0.15) is 0 Å². The van der Waals surface area contributed by atoms with Crippen LogP contribution in [0.1, 0.15) is 11.6 Å². The van der Waals surface area contributed by atoms with Crippen molar-refractivity contribution in [3.05, 3.63) is 49.6 Å². The minimum absolute atomic E-state index is 0.0614. The summed E-state index contributed by atoms with van der Waals surface area (Å²) in [7, 11) is 0. The highest BCUT2D eigenvalue weighted by Gasteiger charge is 2.21. The van der Waals surface area contributed by atoms with Crippen LogP contribution in [0.5, 0.6) is 0 Å². The monoisotopic (exact) mass is 345 g/mol. The van der Waals surface area contributed by atoms with Gasteiger partial charge in [0, 0.05) is 11.4 Å². The fourth-order valence-corrected chi connectivity index (χ4v) is 2.09. The van der Waals surface area contributed by atoms with Crippen molar-refractivity contribution in [2.45, 2.75) is 13.5 Å². The second-order valence-electron chi connectivity index (χ2n) is 3.73. The van der Waals surface area contributed by atoms with Gasteiger partial charge < -0.3 is 9.73 Å². The number of hydrogen-bond acceptors (Lipinski definition) is 5. The number of aryl methyl sites for hydroxylation is 1. The molecule has 2 aromatic rings. The lowest BCUT2D eigenvalue weighted by atomic mass is 10.2. The molecular formula is C11H9BrClN3O3. The first kappa shape index (κ1) is 13.8. The lowest BCUT2D eigenvalue weighted by Gasteiger charge is -2.07. The van der Waals surface area contributed by atoms with E-state index < -0.39 is 4.92 Å². The van der Waals surface area contributed by atoms with Gasteiger partial charge in [0.05, 0.1) is 17.2 Å². The molecule has 19 heavy (non-hydrogen) atoms. The first-order chi connectivity index (χ1) is 8.99. The van der Waals surface area contributed by atoms with Crippen LogP contribution in [-0.2, 0) is 6.54 Å².